The second-order valence-electron chi connectivity index (χ2n) is 9.18. The molecule has 2 fully saturated rings. The van der Waals surface area contributed by atoms with E-state index >= 15 is 0 Å². The van der Waals surface area contributed by atoms with Crippen LogP contribution in [0, 0.1) is 5.41 Å². The molecule has 1 amide bonds. The number of aromatic nitrogens is 5. The molecule has 3 atom stereocenters. The molecule has 1 N–H and O–H groups in total. The highest BCUT2D eigenvalue weighted by Crippen LogP contribution is 2.46. The highest BCUT2D eigenvalue weighted by molar-refractivity contribution is 5.91. The smallest absolute Gasteiger partial charge is 0.333 e. The van der Waals surface area contributed by atoms with E-state index in [9.17, 15) is 14.7 Å². The molecule has 0 bridgehead atoms. The zero-order chi connectivity index (χ0) is 23.2. The highest BCUT2D eigenvalue weighted by atomic mass is 16.5. The van der Waals surface area contributed by atoms with Crippen molar-refractivity contribution >= 4 is 11.9 Å². The lowest BCUT2D eigenvalue weighted by Gasteiger charge is -2.38. The number of carbonyl (C=O) groups excluding carboxylic acids is 2. The van der Waals surface area contributed by atoms with Crippen LogP contribution in [0.5, 0.6) is 0 Å². The van der Waals surface area contributed by atoms with Gasteiger partial charge in [0.2, 0.25) is 5.91 Å². The molecule has 0 aromatic carbocycles. The maximum absolute atomic E-state index is 13.4. The van der Waals surface area contributed by atoms with Crippen LogP contribution in [-0.2, 0) is 14.3 Å². The minimum absolute atomic E-state index is 0.0302. The molecule has 11 heteroatoms. The van der Waals surface area contributed by atoms with Crippen LogP contribution in [0.2, 0.25) is 0 Å². The molecular formula is C22H27N7O4. The van der Waals surface area contributed by atoms with Crippen molar-refractivity contribution in [3.8, 4) is 5.82 Å². The van der Waals surface area contributed by atoms with Crippen molar-refractivity contribution in [1.82, 2.24) is 35.0 Å². The number of nitrogens with zero attached hydrogens (tertiary/aromatic N) is 7. The molecule has 11 nitrogen and oxygen atoms in total. The van der Waals surface area contributed by atoms with Gasteiger partial charge in [0, 0.05) is 30.4 Å². The molecule has 1 unspecified atom stereocenters. The van der Waals surface area contributed by atoms with E-state index in [4.69, 9.17) is 4.74 Å². The first-order valence-electron chi connectivity index (χ1n) is 11.2. The Kier molecular flexibility index (Phi) is 5.45. The lowest BCUT2D eigenvalue weighted by atomic mass is 9.76. The predicted molar refractivity (Wildman–Crippen MR) is 115 cm³/mol. The van der Waals surface area contributed by atoms with Gasteiger partial charge in [0.15, 0.2) is 5.82 Å². The van der Waals surface area contributed by atoms with Gasteiger partial charge in [-0.15, -0.1) is 5.10 Å². The number of aliphatic hydroxyl groups excluding tert-OH is 1. The molecule has 0 saturated carbocycles. The SMILES string of the molecule is CC1OC(=O)C=C1N1C(=O)C2(CCN(C[C@H](O)c3ccc(-n4cnnn4)nc3)CC2)C[C@H]1C. The number of rotatable bonds is 5. The Morgan fingerprint density at radius 3 is 2.64 bits per heavy atom. The Morgan fingerprint density at radius 1 is 1.24 bits per heavy atom. The third-order valence-corrected chi connectivity index (χ3v) is 7.04. The largest absolute Gasteiger partial charge is 0.453 e. The molecule has 0 aliphatic carbocycles. The number of pyridine rings is 1. The lowest BCUT2D eigenvalue weighted by Crippen LogP contribution is -2.46. The fourth-order valence-electron chi connectivity index (χ4n) is 5.27. The topological polar surface area (TPSA) is 127 Å². The summed E-state index contributed by atoms with van der Waals surface area (Å²) in [7, 11) is 0. The van der Waals surface area contributed by atoms with Crippen molar-refractivity contribution < 1.29 is 19.4 Å². The first-order chi connectivity index (χ1) is 15.9. The molecule has 33 heavy (non-hydrogen) atoms. The summed E-state index contributed by atoms with van der Waals surface area (Å²) in [6.45, 7) is 5.76. The van der Waals surface area contributed by atoms with Crippen molar-refractivity contribution in [3.05, 3.63) is 42.0 Å². The number of aliphatic hydroxyl groups is 1. The van der Waals surface area contributed by atoms with E-state index in [1.807, 2.05) is 13.0 Å². The fraction of sp³-hybridized carbons (Fsp3) is 0.545. The van der Waals surface area contributed by atoms with E-state index < -0.39 is 17.6 Å². The first-order valence-corrected chi connectivity index (χ1v) is 11.2. The molecule has 5 rings (SSSR count). The van der Waals surface area contributed by atoms with Gasteiger partial charge in [-0.25, -0.2) is 9.78 Å². The van der Waals surface area contributed by atoms with Gasteiger partial charge in [0.1, 0.15) is 12.4 Å². The summed E-state index contributed by atoms with van der Waals surface area (Å²) in [5.74, 6) is 0.282. The van der Waals surface area contributed by atoms with Crippen LogP contribution >= 0.6 is 0 Å². The number of hydrogen-bond acceptors (Lipinski definition) is 9. The quantitative estimate of drug-likeness (QED) is 0.648. The Balaban J connectivity index is 1.20. The van der Waals surface area contributed by atoms with Gasteiger partial charge in [0.25, 0.3) is 0 Å². The van der Waals surface area contributed by atoms with Gasteiger partial charge in [-0.2, -0.15) is 4.68 Å². The molecule has 0 radical (unpaired) electrons. The van der Waals surface area contributed by atoms with Crippen molar-refractivity contribution in [2.45, 2.75) is 51.4 Å². The summed E-state index contributed by atoms with van der Waals surface area (Å²) in [6.07, 6.45) is 5.69. The van der Waals surface area contributed by atoms with Crippen LogP contribution in [0.4, 0.5) is 0 Å². The van der Waals surface area contributed by atoms with Gasteiger partial charge in [-0.3, -0.25) is 4.79 Å². The van der Waals surface area contributed by atoms with Crippen molar-refractivity contribution in [1.29, 1.82) is 0 Å². The molecular weight excluding hydrogens is 426 g/mol. The standard InChI is InChI=1S/C22H27N7O4/c1-14-10-22(21(32)29(14)17-9-20(31)33-15(17)2)5-7-27(8-6-22)12-18(30)16-3-4-19(23-11-16)28-13-24-25-26-28/h3-4,9,11,13-15,18,30H,5-8,10,12H2,1-2H3/t14-,15?,18+/m1/s1. The molecule has 2 aromatic heterocycles. The van der Waals surface area contributed by atoms with Crippen molar-refractivity contribution in [3.63, 3.8) is 0 Å². The number of amides is 1. The van der Waals surface area contributed by atoms with Gasteiger partial charge < -0.3 is 19.6 Å². The third-order valence-electron chi connectivity index (χ3n) is 7.04. The van der Waals surface area contributed by atoms with Crippen LogP contribution < -0.4 is 0 Å². The highest BCUT2D eigenvalue weighted by Gasteiger charge is 2.53. The summed E-state index contributed by atoms with van der Waals surface area (Å²) < 4.78 is 6.66. The predicted octanol–water partition coefficient (Wildman–Crippen LogP) is 0.623. The van der Waals surface area contributed by atoms with E-state index in [-0.39, 0.29) is 17.9 Å². The average molecular weight is 454 g/mol. The minimum atomic E-state index is -0.683. The van der Waals surface area contributed by atoms with Crippen LogP contribution in [0.3, 0.4) is 0 Å². The molecule has 2 aromatic rings. The lowest BCUT2D eigenvalue weighted by molar-refractivity contribution is -0.141. The zero-order valence-electron chi connectivity index (χ0n) is 18.7. The van der Waals surface area contributed by atoms with Gasteiger partial charge >= 0.3 is 5.97 Å². The van der Waals surface area contributed by atoms with Crippen molar-refractivity contribution in [2.24, 2.45) is 5.41 Å². The second kappa shape index (κ2) is 8.31. The maximum Gasteiger partial charge on any atom is 0.333 e. The molecule has 174 valence electrons. The van der Waals surface area contributed by atoms with Crippen LogP contribution in [0.25, 0.3) is 5.82 Å². The van der Waals surface area contributed by atoms with Gasteiger partial charge in [0.05, 0.1) is 17.2 Å². The fourth-order valence-corrected chi connectivity index (χ4v) is 5.27. The number of carbonyl (C=O) groups is 2. The Hall–Kier alpha value is -3.18. The number of tetrazole rings is 1. The van der Waals surface area contributed by atoms with Crippen molar-refractivity contribution in [2.75, 3.05) is 19.6 Å². The van der Waals surface area contributed by atoms with E-state index in [0.29, 0.717) is 18.1 Å². The number of ether oxygens (including phenoxy) is 1. The Morgan fingerprint density at radius 2 is 2.03 bits per heavy atom. The second-order valence-corrected chi connectivity index (χ2v) is 9.18. The van der Waals surface area contributed by atoms with Gasteiger partial charge in [-0.1, -0.05) is 6.07 Å². The van der Waals surface area contributed by atoms with Crippen LogP contribution in [0.15, 0.2) is 36.4 Å². The number of hydrogen-bond donors (Lipinski definition) is 1. The van der Waals surface area contributed by atoms with E-state index in [0.717, 1.165) is 37.9 Å². The Bertz CT molecular complexity index is 1060. The van der Waals surface area contributed by atoms with Gasteiger partial charge in [-0.05, 0) is 62.7 Å². The third kappa shape index (κ3) is 3.91. The van der Waals surface area contributed by atoms with E-state index in [2.05, 4.69) is 25.4 Å². The van der Waals surface area contributed by atoms with Crippen LogP contribution in [-0.4, -0.2) is 83.8 Å². The monoisotopic (exact) mass is 453 g/mol. The zero-order valence-corrected chi connectivity index (χ0v) is 18.7. The first kappa shape index (κ1) is 21.7. The average Bonchev–Trinajstić information content (AvgIpc) is 3.50. The number of piperidine rings is 1. The van der Waals surface area contributed by atoms with E-state index in [1.165, 1.54) is 17.1 Å². The normalized spacial score (nSPS) is 26.0. The van der Waals surface area contributed by atoms with E-state index in [1.54, 1.807) is 24.1 Å². The summed E-state index contributed by atoms with van der Waals surface area (Å²) in [5.41, 5.74) is 0.975. The number of cyclic esters (lactones) is 1. The summed E-state index contributed by atoms with van der Waals surface area (Å²) >= 11 is 0. The molecule has 3 aliphatic rings. The molecule has 1 spiro atoms. The number of esters is 1. The molecule has 2 saturated heterocycles. The maximum atomic E-state index is 13.4. The summed E-state index contributed by atoms with van der Waals surface area (Å²) in [6, 6.07) is 3.61. The number of likely N-dealkylation sites (tertiary alicyclic amines) is 2. The molecule has 3 aliphatic heterocycles. The summed E-state index contributed by atoms with van der Waals surface area (Å²) in [4.78, 5) is 33.4. The molecule has 5 heterocycles. The Labute approximate surface area is 191 Å². The minimum Gasteiger partial charge on any atom is -0.453 e. The van der Waals surface area contributed by atoms with Crippen LogP contribution in [0.1, 0.15) is 44.8 Å². The number of β-amino-alcohol motifs (C(OH)–C–C–N with tert-alkyl or cyclic N) is 1. The summed E-state index contributed by atoms with van der Waals surface area (Å²) in [5, 5.41) is 21.7.